The first-order valence-electron chi connectivity index (χ1n) is 7.96. The zero-order valence-corrected chi connectivity index (χ0v) is 13.2. The summed E-state index contributed by atoms with van der Waals surface area (Å²) in [5.74, 6) is 0.235. The van der Waals surface area contributed by atoms with Crippen LogP contribution in [0.5, 0.6) is 0 Å². The van der Waals surface area contributed by atoms with E-state index in [1.165, 1.54) is 5.56 Å². The molecule has 0 aromatic heterocycles. The lowest BCUT2D eigenvalue weighted by Crippen LogP contribution is -2.42. The number of rotatable bonds is 8. The average Bonchev–Trinajstić information content (AvgIpc) is 3.29. The largest absolute Gasteiger partial charge is 0.362 e. The number of amides is 1. The van der Waals surface area contributed by atoms with Crippen LogP contribution in [0.2, 0.25) is 0 Å². The molecule has 0 aliphatic heterocycles. The van der Waals surface area contributed by atoms with Gasteiger partial charge in [0, 0.05) is 24.8 Å². The van der Waals surface area contributed by atoms with Gasteiger partial charge in [-0.2, -0.15) is 0 Å². The molecule has 1 aromatic rings. The number of aryl methyl sites for hydroxylation is 1. The first-order chi connectivity index (χ1) is 10.2. The number of carbonyl (C=O) groups excluding carboxylic acids is 1. The molecule has 0 bridgehead atoms. The van der Waals surface area contributed by atoms with Gasteiger partial charge in [-0.3, -0.25) is 4.79 Å². The second-order valence-electron chi connectivity index (χ2n) is 5.81. The molecular weight excluding hydrogens is 262 g/mol. The Morgan fingerprint density at radius 3 is 2.71 bits per heavy atom. The molecule has 1 amide bonds. The van der Waals surface area contributed by atoms with Crippen molar-refractivity contribution in [1.29, 1.82) is 0 Å². The molecule has 1 aromatic carbocycles. The highest BCUT2D eigenvalue weighted by atomic mass is 16.2. The van der Waals surface area contributed by atoms with Gasteiger partial charge in [0.2, 0.25) is 5.91 Å². The lowest BCUT2D eigenvalue weighted by atomic mass is 10.2. The molecule has 116 valence electrons. The van der Waals surface area contributed by atoms with Gasteiger partial charge in [-0.15, -0.1) is 0 Å². The van der Waals surface area contributed by atoms with Crippen molar-refractivity contribution in [3.63, 3.8) is 0 Å². The number of likely N-dealkylation sites (N-methyl/N-ethyl adjacent to an activating group) is 1. The van der Waals surface area contributed by atoms with Crippen LogP contribution < -0.4 is 10.6 Å². The normalized spacial score (nSPS) is 14.0. The van der Waals surface area contributed by atoms with Crippen molar-refractivity contribution in [1.82, 2.24) is 4.90 Å². The molecule has 4 heteroatoms. The molecule has 2 N–H and O–H groups in total. The summed E-state index contributed by atoms with van der Waals surface area (Å²) in [4.78, 5) is 16.7. The molecule has 2 rings (SSSR count). The first kappa shape index (κ1) is 15.8. The third-order valence-corrected chi connectivity index (χ3v) is 3.97. The lowest BCUT2D eigenvalue weighted by Gasteiger charge is -2.28. The molecule has 0 radical (unpaired) electrons. The van der Waals surface area contributed by atoms with Crippen molar-refractivity contribution in [3.8, 4) is 0 Å². The van der Waals surface area contributed by atoms with E-state index >= 15 is 0 Å². The summed E-state index contributed by atoms with van der Waals surface area (Å²) in [7, 11) is 0. The second-order valence-corrected chi connectivity index (χ2v) is 5.81. The van der Waals surface area contributed by atoms with Crippen molar-refractivity contribution in [2.24, 2.45) is 5.73 Å². The van der Waals surface area contributed by atoms with Crippen LogP contribution >= 0.6 is 0 Å². The number of hydrogen-bond acceptors (Lipinski definition) is 3. The van der Waals surface area contributed by atoms with Gasteiger partial charge in [0.05, 0.1) is 6.54 Å². The third kappa shape index (κ3) is 4.46. The van der Waals surface area contributed by atoms with Crippen molar-refractivity contribution >= 4 is 11.6 Å². The highest BCUT2D eigenvalue weighted by molar-refractivity contribution is 5.82. The quantitative estimate of drug-likeness (QED) is 0.798. The minimum absolute atomic E-state index is 0.235. The van der Waals surface area contributed by atoms with Gasteiger partial charge in [0.25, 0.3) is 0 Å². The Labute approximate surface area is 127 Å². The van der Waals surface area contributed by atoms with Gasteiger partial charge in [-0.1, -0.05) is 12.1 Å². The predicted molar refractivity (Wildman–Crippen MR) is 87.5 cm³/mol. The van der Waals surface area contributed by atoms with Gasteiger partial charge in [0.15, 0.2) is 0 Å². The van der Waals surface area contributed by atoms with Crippen molar-refractivity contribution in [2.45, 2.75) is 39.2 Å². The average molecular weight is 289 g/mol. The summed E-state index contributed by atoms with van der Waals surface area (Å²) >= 11 is 0. The van der Waals surface area contributed by atoms with Crippen molar-refractivity contribution in [3.05, 3.63) is 29.8 Å². The van der Waals surface area contributed by atoms with Crippen molar-refractivity contribution in [2.75, 3.05) is 31.1 Å². The summed E-state index contributed by atoms with van der Waals surface area (Å²) in [6.45, 7) is 6.88. The van der Waals surface area contributed by atoms with Crippen LogP contribution in [0.4, 0.5) is 5.69 Å². The molecule has 0 heterocycles. The molecule has 0 unspecified atom stereocenters. The molecule has 1 aliphatic rings. The summed E-state index contributed by atoms with van der Waals surface area (Å²) in [6.07, 6.45) is 3.22. The van der Waals surface area contributed by atoms with Crippen LogP contribution in [0, 0.1) is 6.92 Å². The maximum atomic E-state index is 12.5. The number of benzene rings is 1. The fraction of sp³-hybridized carbons (Fsp3) is 0.588. The standard InChI is InChI=1S/C17H27N3O/c1-3-20(15-8-9-15)17(21)13-19(11-5-10-18)16-7-4-6-14(2)12-16/h4,6-7,12,15H,3,5,8-11,13,18H2,1-2H3. The summed E-state index contributed by atoms with van der Waals surface area (Å²) < 4.78 is 0. The Morgan fingerprint density at radius 2 is 2.14 bits per heavy atom. The predicted octanol–water partition coefficient (Wildman–Crippen LogP) is 2.16. The van der Waals surface area contributed by atoms with E-state index in [1.54, 1.807) is 0 Å². The number of anilines is 1. The third-order valence-electron chi connectivity index (χ3n) is 3.97. The van der Waals surface area contributed by atoms with E-state index in [-0.39, 0.29) is 5.91 Å². The van der Waals surface area contributed by atoms with E-state index < -0.39 is 0 Å². The van der Waals surface area contributed by atoms with Gasteiger partial charge >= 0.3 is 0 Å². The minimum atomic E-state index is 0.235. The molecule has 1 aliphatic carbocycles. The summed E-state index contributed by atoms with van der Waals surface area (Å²) in [6, 6.07) is 8.82. The zero-order chi connectivity index (χ0) is 15.2. The Bertz CT molecular complexity index is 471. The Balaban J connectivity index is 2.06. The van der Waals surface area contributed by atoms with E-state index in [0.717, 1.165) is 38.0 Å². The number of carbonyl (C=O) groups is 1. The van der Waals surface area contributed by atoms with E-state index in [4.69, 9.17) is 5.73 Å². The zero-order valence-electron chi connectivity index (χ0n) is 13.2. The van der Waals surface area contributed by atoms with Crippen LogP contribution in [-0.4, -0.2) is 43.0 Å². The highest BCUT2D eigenvalue weighted by Crippen LogP contribution is 2.27. The van der Waals surface area contributed by atoms with E-state index in [0.29, 0.717) is 19.1 Å². The highest BCUT2D eigenvalue weighted by Gasteiger charge is 2.31. The fourth-order valence-corrected chi connectivity index (χ4v) is 2.68. The molecule has 1 saturated carbocycles. The molecular formula is C17H27N3O. The van der Waals surface area contributed by atoms with Crippen molar-refractivity contribution < 1.29 is 4.79 Å². The van der Waals surface area contributed by atoms with Crippen LogP contribution in [0.1, 0.15) is 31.7 Å². The van der Waals surface area contributed by atoms with E-state index in [9.17, 15) is 4.79 Å². The topological polar surface area (TPSA) is 49.6 Å². The lowest BCUT2D eigenvalue weighted by molar-refractivity contribution is -0.130. The smallest absolute Gasteiger partial charge is 0.242 e. The van der Waals surface area contributed by atoms with E-state index in [1.807, 2.05) is 11.0 Å². The minimum Gasteiger partial charge on any atom is -0.362 e. The Hall–Kier alpha value is -1.55. The Morgan fingerprint density at radius 1 is 1.38 bits per heavy atom. The van der Waals surface area contributed by atoms with Gasteiger partial charge in [-0.05, 0) is 57.4 Å². The Kier molecular flexibility index (Phi) is 5.62. The number of hydrogen-bond donors (Lipinski definition) is 1. The van der Waals surface area contributed by atoms with Crippen LogP contribution in [-0.2, 0) is 4.79 Å². The maximum Gasteiger partial charge on any atom is 0.242 e. The summed E-state index contributed by atoms with van der Waals surface area (Å²) in [5, 5.41) is 0. The monoisotopic (exact) mass is 289 g/mol. The van der Waals surface area contributed by atoms with Gasteiger partial charge in [0.1, 0.15) is 0 Å². The molecule has 0 saturated heterocycles. The van der Waals surface area contributed by atoms with Crippen LogP contribution in [0.15, 0.2) is 24.3 Å². The SMILES string of the molecule is CCN(C(=O)CN(CCCN)c1cccc(C)c1)C1CC1. The second kappa shape index (κ2) is 7.46. The first-order valence-corrected chi connectivity index (χ1v) is 7.96. The van der Waals surface area contributed by atoms with Gasteiger partial charge < -0.3 is 15.5 Å². The summed E-state index contributed by atoms with van der Waals surface area (Å²) in [5.41, 5.74) is 7.97. The van der Waals surface area contributed by atoms with E-state index in [2.05, 4.69) is 36.9 Å². The maximum absolute atomic E-state index is 12.5. The fourth-order valence-electron chi connectivity index (χ4n) is 2.68. The molecule has 0 spiro atoms. The number of nitrogens with zero attached hydrogens (tertiary/aromatic N) is 2. The van der Waals surface area contributed by atoms with Gasteiger partial charge in [-0.25, -0.2) is 0 Å². The molecule has 21 heavy (non-hydrogen) atoms. The molecule has 4 nitrogen and oxygen atoms in total. The molecule has 1 fully saturated rings. The van der Waals surface area contributed by atoms with Crippen LogP contribution in [0.3, 0.4) is 0 Å². The number of nitrogens with two attached hydrogens (primary N) is 1. The molecule has 0 atom stereocenters. The van der Waals surface area contributed by atoms with Crippen LogP contribution in [0.25, 0.3) is 0 Å².